The number of nitrogens with two attached hydrogens (primary N) is 1. The van der Waals surface area contributed by atoms with E-state index in [4.69, 9.17) is 15.5 Å². The minimum absolute atomic E-state index is 0.238. The number of nitrogens with zero attached hydrogens (tertiary/aromatic N) is 6. The van der Waals surface area contributed by atoms with Crippen LogP contribution in [0.25, 0.3) is 16.6 Å². The van der Waals surface area contributed by atoms with Gasteiger partial charge in [0.2, 0.25) is 5.91 Å². The molecule has 2 saturated heterocycles. The average molecular weight is 597 g/mol. The molecule has 5 heterocycles. The molecule has 1 amide bonds. The fraction of sp³-hybridized carbons (Fsp3) is 0.394. The van der Waals surface area contributed by atoms with E-state index in [1.165, 1.54) is 6.07 Å². The normalized spacial score (nSPS) is 17.0. The monoisotopic (exact) mass is 596 g/mol. The number of amides is 1. The van der Waals surface area contributed by atoms with Gasteiger partial charge in [-0.3, -0.25) is 9.69 Å². The Labute approximate surface area is 256 Å². The van der Waals surface area contributed by atoms with E-state index in [1.54, 1.807) is 16.8 Å². The van der Waals surface area contributed by atoms with Crippen molar-refractivity contribution in [2.45, 2.75) is 32.1 Å². The fourth-order valence-electron chi connectivity index (χ4n) is 6.50. The molecule has 0 aliphatic carbocycles. The highest BCUT2D eigenvalue weighted by molar-refractivity contribution is 5.94. The van der Waals surface area contributed by atoms with Gasteiger partial charge in [-0.05, 0) is 66.6 Å². The number of aromatic nitrogens is 3. The number of carbonyl (C=O) groups is 1. The van der Waals surface area contributed by atoms with Crippen LogP contribution in [0.1, 0.15) is 46.8 Å². The number of anilines is 1. The van der Waals surface area contributed by atoms with Crippen molar-refractivity contribution < 1.29 is 13.9 Å². The van der Waals surface area contributed by atoms with E-state index in [1.807, 2.05) is 37.5 Å². The van der Waals surface area contributed by atoms with Gasteiger partial charge in [-0.1, -0.05) is 6.92 Å². The van der Waals surface area contributed by atoms with E-state index in [9.17, 15) is 14.4 Å². The first-order valence-corrected chi connectivity index (χ1v) is 15.0. The largest absolute Gasteiger partial charge is 0.491 e. The first kappa shape index (κ1) is 29.5. The molecular formula is C33H37FN8O2. The van der Waals surface area contributed by atoms with Crippen LogP contribution in [0, 0.1) is 24.1 Å². The van der Waals surface area contributed by atoms with Gasteiger partial charge in [0.15, 0.2) is 0 Å². The maximum atomic E-state index is 14.4. The zero-order valence-corrected chi connectivity index (χ0v) is 25.1. The maximum Gasteiger partial charge on any atom is 0.249 e. The second-order valence-electron chi connectivity index (χ2n) is 11.9. The quantitative estimate of drug-likeness (QED) is 0.316. The van der Waals surface area contributed by atoms with E-state index in [0.29, 0.717) is 23.4 Å². The lowest BCUT2D eigenvalue weighted by Crippen LogP contribution is -2.44. The van der Waals surface area contributed by atoms with Crippen molar-refractivity contribution in [2.24, 2.45) is 5.73 Å². The first-order chi connectivity index (χ1) is 21.3. The molecule has 0 unspecified atom stereocenters. The van der Waals surface area contributed by atoms with Crippen LogP contribution in [0.2, 0.25) is 0 Å². The molecule has 228 valence electrons. The van der Waals surface area contributed by atoms with Gasteiger partial charge in [0.25, 0.3) is 0 Å². The molecule has 11 heteroatoms. The number of carbonyl (C=O) groups excluding carboxylic acids is 1. The number of hydrogen-bond donors (Lipinski definition) is 2. The van der Waals surface area contributed by atoms with E-state index in [0.717, 1.165) is 86.7 Å². The number of fused-ring (bicyclic) bond motifs is 1. The molecule has 1 aromatic carbocycles. The molecule has 2 fully saturated rings. The number of pyridine rings is 2. The summed E-state index contributed by atoms with van der Waals surface area (Å²) in [6.07, 6.45) is 6.76. The Morgan fingerprint density at radius 2 is 1.93 bits per heavy atom. The summed E-state index contributed by atoms with van der Waals surface area (Å²) in [4.78, 5) is 21.3. The Balaban J connectivity index is 1.19. The minimum atomic E-state index is -0.615. The summed E-state index contributed by atoms with van der Waals surface area (Å²) in [7, 11) is 0. The minimum Gasteiger partial charge on any atom is -0.491 e. The molecule has 0 radical (unpaired) electrons. The van der Waals surface area contributed by atoms with Crippen LogP contribution in [0.15, 0.2) is 48.9 Å². The van der Waals surface area contributed by atoms with Crippen LogP contribution < -0.4 is 20.7 Å². The van der Waals surface area contributed by atoms with Crippen molar-refractivity contribution in [1.82, 2.24) is 24.8 Å². The van der Waals surface area contributed by atoms with Crippen LogP contribution in [0.4, 0.5) is 10.2 Å². The zero-order chi connectivity index (χ0) is 30.8. The molecule has 44 heavy (non-hydrogen) atoms. The molecule has 0 atom stereocenters. The predicted molar refractivity (Wildman–Crippen MR) is 166 cm³/mol. The second kappa shape index (κ2) is 12.2. The molecule has 0 saturated carbocycles. The van der Waals surface area contributed by atoms with Gasteiger partial charge in [0, 0.05) is 68.7 Å². The smallest absolute Gasteiger partial charge is 0.249 e. The van der Waals surface area contributed by atoms with Crippen LogP contribution in [-0.4, -0.2) is 77.8 Å². The summed E-state index contributed by atoms with van der Waals surface area (Å²) in [6.45, 7) is 10.8. The molecule has 2 aliphatic heterocycles. The van der Waals surface area contributed by atoms with Crippen LogP contribution in [0.3, 0.4) is 0 Å². The Bertz CT molecular complexity index is 1710. The number of piperazine rings is 1. The number of nitriles is 1. The molecule has 0 spiro atoms. The number of piperidine rings is 1. The Kier molecular flexibility index (Phi) is 8.21. The lowest BCUT2D eigenvalue weighted by atomic mass is 9.72. The van der Waals surface area contributed by atoms with Crippen molar-refractivity contribution in [3.63, 3.8) is 0 Å². The molecule has 2 aliphatic rings. The third-order valence-corrected chi connectivity index (χ3v) is 9.13. The predicted octanol–water partition coefficient (Wildman–Crippen LogP) is 3.66. The molecule has 6 rings (SSSR count). The Hall–Kier alpha value is -4.53. The number of benzene rings is 1. The van der Waals surface area contributed by atoms with E-state index in [2.05, 4.69) is 33.2 Å². The summed E-state index contributed by atoms with van der Waals surface area (Å²) in [5.74, 6) is 0.469. The Morgan fingerprint density at radius 1 is 1.16 bits per heavy atom. The number of rotatable bonds is 8. The average Bonchev–Trinajstić information content (AvgIpc) is 3.46. The highest BCUT2D eigenvalue weighted by Gasteiger charge is 2.34. The SMILES string of the molecule is Cc1c(C(N)=O)cc(F)cc1C1(C)CCN(c2ccc(-c3cc(OCCN4CCNCC4)cn4ncc(C#N)c34)cn2)CC1. The molecule has 3 aromatic heterocycles. The van der Waals surface area contributed by atoms with Gasteiger partial charge >= 0.3 is 0 Å². The number of primary amides is 1. The third-order valence-electron chi connectivity index (χ3n) is 9.13. The van der Waals surface area contributed by atoms with Gasteiger partial charge < -0.3 is 20.7 Å². The third kappa shape index (κ3) is 5.83. The van der Waals surface area contributed by atoms with Crippen LogP contribution in [0.5, 0.6) is 5.75 Å². The summed E-state index contributed by atoms with van der Waals surface area (Å²) in [6, 6.07) is 11.0. The highest BCUT2D eigenvalue weighted by Crippen LogP contribution is 2.39. The van der Waals surface area contributed by atoms with Gasteiger partial charge in [-0.2, -0.15) is 10.4 Å². The molecule has 0 bridgehead atoms. The molecule has 10 nitrogen and oxygen atoms in total. The van der Waals surface area contributed by atoms with Crippen molar-refractivity contribution in [3.05, 3.63) is 77.0 Å². The van der Waals surface area contributed by atoms with Gasteiger partial charge in [0.1, 0.15) is 30.1 Å². The molecule has 3 N–H and O–H groups in total. The van der Waals surface area contributed by atoms with Crippen LogP contribution in [-0.2, 0) is 5.41 Å². The highest BCUT2D eigenvalue weighted by atomic mass is 19.1. The van der Waals surface area contributed by atoms with Gasteiger partial charge in [-0.25, -0.2) is 13.9 Å². The standard InChI is InChI=1S/C33H37FN8O2/c1-22-27(32(36)43)15-25(34)16-29(22)33(2)5-9-41(10-6-33)30-4-3-23(19-38-30)28-17-26(21-42-31(28)24(18-35)20-39-42)44-14-13-40-11-7-37-8-12-40/h3-4,15-17,19-21,37H,5-14H2,1-2H3,(H2,36,43). The van der Waals surface area contributed by atoms with Crippen molar-refractivity contribution in [1.29, 1.82) is 5.26 Å². The van der Waals surface area contributed by atoms with Gasteiger partial charge in [-0.15, -0.1) is 0 Å². The summed E-state index contributed by atoms with van der Waals surface area (Å²) in [5, 5.41) is 17.5. The molecular weight excluding hydrogens is 559 g/mol. The van der Waals surface area contributed by atoms with Crippen molar-refractivity contribution in [2.75, 3.05) is 57.3 Å². The van der Waals surface area contributed by atoms with E-state index >= 15 is 0 Å². The Morgan fingerprint density at radius 3 is 2.61 bits per heavy atom. The fourth-order valence-corrected chi connectivity index (χ4v) is 6.50. The lowest BCUT2D eigenvalue weighted by molar-refractivity contribution is 0.0999. The molecule has 4 aromatic rings. The van der Waals surface area contributed by atoms with Crippen LogP contribution >= 0.6 is 0 Å². The maximum absolute atomic E-state index is 14.4. The summed E-state index contributed by atoms with van der Waals surface area (Å²) < 4.78 is 22.3. The van der Waals surface area contributed by atoms with Crippen molar-refractivity contribution >= 4 is 17.2 Å². The summed E-state index contributed by atoms with van der Waals surface area (Å²) in [5.41, 5.74) is 9.94. The second-order valence-corrected chi connectivity index (χ2v) is 11.9. The zero-order valence-electron chi connectivity index (χ0n) is 25.1. The summed E-state index contributed by atoms with van der Waals surface area (Å²) >= 11 is 0. The van der Waals surface area contributed by atoms with Crippen molar-refractivity contribution in [3.8, 4) is 22.9 Å². The number of hydrogen-bond acceptors (Lipinski definition) is 8. The number of ether oxygens (including phenoxy) is 1. The van der Waals surface area contributed by atoms with E-state index < -0.39 is 11.7 Å². The number of halogens is 1. The topological polar surface area (TPSA) is 125 Å². The lowest BCUT2D eigenvalue weighted by Gasteiger charge is -2.41. The number of nitrogens with one attached hydrogen (secondary N) is 1. The first-order valence-electron chi connectivity index (χ1n) is 15.0. The van der Waals surface area contributed by atoms with E-state index in [-0.39, 0.29) is 11.0 Å². The van der Waals surface area contributed by atoms with Gasteiger partial charge in [0.05, 0.1) is 23.5 Å².